The molecule has 0 spiro atoms. The lowest BCUT2D eigenvalue weighted by Gasteiger charge is -2.02. The third-order valence-electron chi connectivity index (χ3n) is 5.50. The molecule has 0 radical (unpaired) electrons. The van der Waals surface area contributed by atoms with Gasteiger partial charge in [-0.2, -0.15) is 0 Å². The van der Waals surface area contributed by atoms with Gasteiger partial charge in [0.2, 0.25) is 0 Å². The van der Waals surface area contributed by atoms with E-state index in [9.17, 15) is 24.0 Å². The van der Waals surface area contributed by atoms with Gasteiger partial charge < -0.3 is 23.7 Å². The smallest absolute Gasteiger partial charge is 0.305 e. The largest absolute Gasteiger partial charge is 0.466 e. The Morgan fingerprint density at radius 2 is 0.587 bits per heavy atom. The second kappa shape index (κ2) is 49.2. The van der Waals surface area contributed by atoms with E-state index >= 15 is 0 Å². The molecule has 0 saturated heterocycles. The molecule has 10 nitrogen and oxygen atoms in total. The Kier molecular flexibility index (Phi) is 56.6. The number of hydrogen-bond donors (Lipinski definition) is 0. The normalized spacial score (nSPS) is 9.17. The van der Waals surface area contributed by atoms with E-state index in [1.54, 1.807) is 27.7 Å². The lowest BCUT2D eigenvalue weighted by Crippen LogP contribution is -2.03. The van der Waals surface area contributed by atoms with Gasteiger partial charge in [-0.3, -0.25) is 24.0 Å². The summed E-state index contributed by atoms with van der Waals surface area (Å²) >= 11 is 0. The number of esters is 5. The van der Waals surface area contributed by atoms with Gasteiger partial charge in [-0.25, -0.2) is 0 Å². The molecule has 0 unspecified atom stereocenters. The molecular formula is C36H72O10. The molecule has 0 bridgehead atoms. The van der Waals surface area contributed by atoms with Crippen LogP contribution in [0.1, 0.15) is 172 Å². The summed E-state index contributed by atoms with van der Waals surface area (Å²) in [6.07, 6.45) is 14.8. The molecule has 46 heavy (non-hydrogen) atoms. The molecule has 0 aromatic carbocycles. The Bertz CT molecular complexity index is 665. The molecule has 0 aromatic heterocycles. The van der Waals surface area contributed by atoms with Crippen LogP contribution in [0.25, 0.3) is 0 Å². The number of unbranched alkanes of at least 4 members (excludes halogenated alkanes) is 7. The van der Waals surface area contributed by atoms with E-state index in [4.69, 9.17) is 18.9 Å². The Morgan fingerprint density at radius 1 is 0.304 bits per heavy atom. The van der Waals surface area contributed by atoms with Crippen LogP contribution in [0.3, 0.4) is 0 Å². The fourth-order valence-electron chi connectivity index (χ4n) is 2.65. The van der Waals surface area contributed by atoms with E-state index in [1.165, 1.54) is 32.1 Å². The van der Waals surface area contributed by atoms with Crippen molar-refractivity contribution in [3.63, 3.8) is 0 Å². The van der Waals surface area contributed by atoms with Gasteiger partial charge in [0.1, 0.15) is 0 Å². The van der Waals surface area contributed by atoms with E-state index in [1.807, 2.05) is 20.8 Å². The molecule has 0 rings (SSSR count). The van der Waals surface area contributed by atoms with Gasteiger partial charge in [0.15, 0.2) is 0 Å². The highest BCUT2D eigenvalue weighted by Crippen LogP contribution is 2.02. The molecule has 276 valence electrons. The summed E-state index contributed by atoms with van der Waals surface area (Å²) in [5.41, 5.74) is 0. The Labute approximate surface area is 282 Å². The van der Waals surface area contributed by atoms with Crippen LogP contribution in [0.4, 0.5) is 0 Å². The van der Waals surface area contributed by atoms with Gasteiger partial charge in [-0.1, -0.05) is 107 Å². The Balaban J connectivity index is -0.000000154. The predicted octanol–water partition coefficient (Wildman–Crippen LogP) is 9.09. The highest BCUT2D eigenvalue weighted by molar-refractivity contribution is 5.70. The highest BCUT2D eigenvalue weighted by atomic mass is 16.5. The number of ether oxygens (including phenoxy) is 5. The van der Waals surface area contributed by atoms with Crippen molar-refractivity contribution >= 4 is 29.8 Å². The van der Waals surface area contributed by atoms with Crippen LogP contribution in [0.5, 0.6) is 0 Å². The van der Waals surface area contributed by atoms with Crippen molar-refractivity contribution in [1.82, 2.24) is 0 Å². The van der Waals surface area contributed by atoms with Crippen molar-refractivity contribution in [3.8, 4) is 0 Å². The summed E-state index contributed by atoms with van der Waals surface area (Å²) in [5.74, 6) is -0.487. The zero-order valence-electron chi connectivity index (χ0n) is 31.4. The van der Waals surface area contributed by atoms with Crippen molar-refractivity contribution in [2.75, 3.05) is 33.0 Å². The van der Waals surface area contributed by atoms with Gasteiger partial charge in [-0.15, -0.1) is 0 Å². The van der Waals surface area contributed by atoms with Crippen LogP contribution in [-0.2, 0) is 47.7 Å². The van der Waals surface area contributed by atoms with Crippen LogP contribution >= 0.6 is 0 Å². The third kappa shape index (κ3) is 60.5. The van der Waals surface area contributed by atoms with Crippen molar-refractivity contribution in [2.45, 2.75) is 172 Å². The van der Waals surface area contributed by atoms with Crippen LogP contribution in [0, 0.1) is 0 Å². The number of rotatable bonds is 21. The van der Waals surface area contributed by atoms with Crippen LogP contribution in [0.2, 0.25) is 0 Å². The minimum absolute atomic E-state index is 0.0782. The topological polar surface area (TPSA) is 132 Å². The maximum absolute atomic E-state index is 10.7. The van der Waals surface area contributed by atoms with Crippen molar-refractivity contribution < 1.29 is 47.7 Å². The summed E-state index contributed by atoms with van der Waals surface area (Å²) in [5, 5.41) is 0. The standard InChI is InChI=1S/C10H20O2.C8H16O2.C7H14O2.C6H12O2.C5H10O2/c1-3-5-6-7-8-9-12-10(11)4-2;1-3-5-6-7-10-8(9)4-2;1-3-5-6-9-7(8)4-2;1-3-5-8-6(7)4-2;1-3-5(6)7-4-2/h3-9H2,1-2H3;3-7H2,1-2H3;3-6H2,1-2H3;3-5H2,1-2H3;3-4H2,1-2H3. The van der Waals surface area contributed by atoms with Gasteiger partial charge in [0, 0.05) is 32.1 Å². The first-order valence-electron chi connectivity index (χ1n) is 17.8. The van der Waals surface area contributed by atoms with Gasteiger partial charge >= 0.3 is 29.8 Å². The van der Waals surface area contributed by atoms with Crippen molar-refractivity contribution in [1.29, 1.82) is 0 Å². The van der Waals surface area contributed by atoms with Crippen LogP contribution < -0.4 is 0 Å². The molecule has 10 heteroatoms. The molecule has 0 fully saturated rings. The first kappa shape index (κ1) is 52.9. The molecule has 0 amide bonds. The predicted molar refractivity (Wildman–Crippen MR) is 185 cm³/mol. The Morgan fingerprint density at radius 3 is 0.891 bits per heavy atom. The van der Waals surface area contributed by atoms with Crippen LogP contribution in [-0.4, -0.2) is 62.9 Å². The average Bonchev–Trinajstić information content (AvgIpc) is 3.08. The summed E-state index contributed by atoms with van der Waals surface area (Å²) in [6, 6.07) is 0. The highest BCUT2D eigenvalue weighted by Gasteiger charge is 1.97. The fraction of sp³-hybridized carbons (Fsp3) is 0.861. The lowest BCUT2D eigenvalue weighted by atomic mass is 10.2. The molecular weight excluding hydrogens is 592 g/mol. The summed E-state index contributed by atoms with van der Waals surface area (Å²) in [7, 11) is 0. The summed E-state index contributed by atoms with van der Waals surface area (Å²) in [4.78, 5) is 52.2. The van der Waals surface area contributed by atoms with Crippen molar-refractivity contribution in [2.24, 2.45) is 0 Å². The maximum Gasteiger partial charge on any atom is 0.305 e. The van der Waals surface area contributed by atoms with E-state index < -0.39 is 0 Å². The van der Waals surface area contributed by atoms with Gasteiger partial charge in [-0.05, 0) is 32.6 Å². The van der Waals surface area contributed by atoms with E-state index in [0.717, 1.165) is 38.5 Å². The SMILES string of the molecule is CCCCCCCOC(=O)CC.CCCCCOC(=O)CC.CCCCOC(=O)CC.CCCOC(=O)CC.CCOC(=O)CC. The quantitative estimate of drug-likeness (QED) is 0.0665. The van der Waals surface area contributed by atoms with E-state index in [-0.39, 0.29) is 29.8 Å². The second-order valence-electron chi connectivity index (χ2n) is 9.93. The molecule has 0 atom stereocenters. The van der Waals surface area contributed by atoms with E-state index in [0.29, 0.717) is 65.1 Å². The van der Waals surface area contributed by atoms with Gasteiger partial charge in [0.05, 0.1) is 33.0 Å². The minimum Gasteiger partial charge on any atom is -0.466 e. The molecule has 0 heterocycles. The first-order valence-corrected chi connectivity index (χ1v) is 17.8. The third-order valence-corrected chi connectivity index (χ3v) is 5.50. The molecule has 0 saturated carbocycles. The maximum atomic E-state index is 10.7. The molecule has 0 aromatic rings. The second-order valence-corrected chi connectivity index (χ2v) is 9.93. The number of carbonyl (C=O) groups is 5. The first-order chi connectivity index (χ1) is 22.0. The Hall–Kier alpha value is -2.65. The zero-order valence-corrected chi connectivity index (χ0v) is 31.4. The average molecular weight is 665 g/mol. The van der Waals surface area contributed by atoms with Gasteiger partial charge in [0.25, 0.3) is 0 Å². The van der Waals surface area contributed by atoms with Crippen molar-refractivity contribution in [3.05, 3.63) is 0 Å². The molecule has 0 aliphatic heterocycles. The zero-order chi connectivity index (χ0) is 36.3. The lowest BCUT2D eigenvalue weighted by molar-refractivity contribution is -0.144. The molecule has 0 aliphatic rings. The van der Waals surface area contributed by atoms with Crippen LogP contribution in [0.15, 0.2) is 0 Å². The minimum atomic E-state index is -0.123. The fourth-order valence-corrected chi connectivity index (χ4v) is 2.65. The van der Waals surface area contributed by atoms with E-state index in [2.05, 4.69) is 25.5 Å². The number of carbonyl (C=O) groups excluding carboxylic acids is 5. The molecule has 0 aliphatic carbocycles. The monoisotopic (exact) mass is 665 g/mol. The number of hydrogen-bond acceptors (Lipinski definition) is 10. The summed E-state index contributed by atoms with van der Waals surface area (Å²) < 4.78 is 23.8. The molecule has 0 N–H and O–H groups in total. The summed E-state index contributed by atoms with van der Waals surface area (Å²) in [6.45, 7) is 22.0.